The van der Waals surface area contributed by atoms with E-state index in [2.05, 4.69) is 15.1 Å². The van der Waals surface area contributed by atoms with Crippen LogP contribution in [0.15, 0.2) is 120 Å². The summed E-state index contributed by atoms with van der Waals surface area (Å²) < 4.78 is 6.96. The lowest BCUT2D eigenvalue weighted by Crippen LogP contribution is -2.17. The lowest BCUT2D eigenvalue weighted by molar-refractivity contribution is 0.0600. The van der Waals surface area contributed by atoms with E-state index in [0.717, 1.165) is 33.8 Å². The van der Waals surface area contributed by atoms with Crippen molar-refractivity contribution in [2.24, 2.45) is 5.10 Å². The van der Waals surface area contributed by atoms with Crippen LogP contribution >= 0.6 is 0 Å². The normalized spacial score (nSPS) is 10.9. The minimum Gasteiger partial charge on any atom is -0.508 e. The van der Waals surface area contributed by atoms with Gasteiger partial charge in [-0.15, -0.1) is 0 Å². The molecule has 0 unspecified atom stereocenters. The van der Waals surface area contributed by atoms with Crippen LogP contribution in [0, 0.1) is 0 Å². The molecule has 2 N–H and O–H groups in total. The number of benzene rings is 4. The van der Waals surface area contributed by atoms with Crippen LogP contribution in [0.3, 0.4) is 0 Å². The zero-order valence-corrected chi connectivity index (χ0v) is 21.1. The average molecular weight is 516 g/mol. The summed E-state index contributed by atoms with van der Waals surface area (Å²) in [4.78, 5) is 24.6. The van der Waals surface area contributed by atoms with Gasteiger partial charge in [-0.1, -0.05) is 66.7 Å². The summed E-state index contributed by atoms with van der Waals surface area (Å²) in [5.74, 6) is -0.846. The van der Waals surface area contributed by atoms with Crippen molar-refractivity contribution in [2.75, 3.05) is 7.11 Å². The SMILES string of the molecule is COC(=O)c1ccc(-n2c(-c3ccccc3)cc(/C=N\NC(=O)c3cccc(O)c3)c2-c2ccccc2)cc1. The van der Waals surface area contributed by atoms with Crippen LogP contribution in [-0.4, -0.2) is 34.9 Å². The van der Waals surface area contributed by atoms with E-state index < -0.39 is 11.9 Å². The number of phenols is 1. The van der Waals surface area contributed by atoms with Crippen molar-refractivity contribution < 1.29 is 19.4 Å². The molecule has 0 aliphatic rings. The van der Waals surface area contributed by atoms with Crippen LogP contribution < -0.4 is 5.43 Å². The number of aromatic nitrogens is 1. The van der Waals surface area contributed by atoms with Crippen LogP contribution in [0.4, 0.5) is 0 Å². The molecule has 0 bridgehead atoms. The van der Waals surface area contributed by atoms with E-state index in [1.54, 1.807) is 30.5 Å². The lowest BCUT2D eigenvalue weighted by atomic mass is 10.1. The molecule has 1 aromatic heterocycles. The Morgan fingerprint density at radius 2 is 1.46 bits per heavy atom. The largest absolute Gasteiger partial charge is 0.508 e. The van der Waals surface area contributed by atoms with E-state index in [9.17, 15) is 14.7 Å². The first-order chi connectivity index (χ1) is 19.0. The monoisotopic (exact) mass is 515 g/mol. The van der Waals surface area contributed by atoms with Crippen LogP contribution in [-0.2, 0) is 4.74 Å². The summed E-state index contributed by atoms with van der Waals surface area (Å²) >= 11 is 0. The molecule has 0 spiro atoms. The number of hydrogen-bond acceptors (Lipinski definition) is 5. The number of esters is 1. The number of nitrogens with zero attached hydrogens (tertiary/aromatic N) is 2. The molecule has 0 atom stereocenters. The molecule has 0 fully saturated rings. The third-order valence-electron chi connectivity index (χ3n) is 6.17. The molecular formula is C32H25N3O4. The first-order valence-electron chi connectivity index (χ1n) is 12.2. The molecule has 1 amide bonds. The summed E-state index contributed by atoms with van der Waals surface area (Å²) in [5.41, 5.74) is 8.59. The molecule has 4 aromatic carbocycles. The molecule has 0 aliphatic heterocycles. The van der Waals surface area contributed by atoms with Crippen LogP contribution in [0.1, 0.15) is 26.3 Å². The van der Waals surface area contributed by atoms with Crippen molar-refractivity contribution in [1.82, 2.24) is 9.99 Å². The van der Waals surface area contributed by atoms with Gasteiger partial charge in [-0.25, -0.2) is 10.2 Å². The van der Waals surface area contributed by atoms with E-state index in [4.69, 9.17) is 4.74 Å². The molecule has 39 heavy (non-hydrogen) atoms. The van der Waals surface area contributed by atoms with Crippen molar-refractivity contribution >= 4 is 18.1 Å². The van der Waals surface area contributed by atoms with Crippen molar-refractivity contribution in [3.05, 3.63) is 132 Å². The van der Waals surface area contributed by atoms with E-state index in [1.807, 2.05) is 78.9 Å². The average Bonchev–Trinajstić information content (AvgIpc) is 3.37. The van der Waals surface area contributed by atoms with Gasteiger partial charge >= 0.3 is 5.97 Å². The topological polar surface area (TPSA) is 92.9 Å². The Labute approximate surface area is 225 Å². The first-order valence-corrected chi connectivity index (χ1v) is 12.2. The van der Waals surface area contributed by atoms with Gasteiger partial charge in [0.15, 0.2) is 0 Å². The third-order valence-corrected chi connectivity index (χ3v) is 6.17. The van der Waals surface area contributed by atoms with Gasteiger partial charge in [-0.3, -0.25) is 4.79 Å². The Morgan fingerprint density at radius 3 is 2.10 bits per heavy atom. The van der Waals surface area contributed by atoms with Gasteiger partial charge in [0.1, 0.15) is 5.75 Å². The molecule has 192 valence electrons. The second-order valence-corrected chi connectivity index (χ2v) is 8.69. The number of hydrazone groups is 1. The molecule has 0 aliphatic carbocycles. The smallest absolute Gasteiger partial charge is 0.337 e. The third kappa shape index (κ3) is 5.47. The number of hydrogen-bond donors (Lipinski definition) is 2. The van der Waals surface area contributed by atoms with E-state index in [0.29, 0.717) is 11.1 Å². The highest BCUT2D eigenvalue weighted by molar-refractivity contribution is 5.97. The maximum atomic E-state index is 12.6. The van der Waals surface area contributed by atoms with E-state index >= 15 is 0 Å². The van der Waals surface area contributed by atoms with Crippen molar-refractivity contribution in [3.63, 3.8) is 0 Å². The Hall–Kier alpha value is -5.43. The minimum atomic E-state index is -0.440. The number of carbonyl (C=O) groups excluding carboxylic acids is 2. The van der Waals surface area contributed by atoms with Crippen LogP contribution in [0.25, 0.3) is 28.2 Å². The Balaban J connectivity index is 1.63. The molecular weight excluding hydrogens is 490 g/mol. The molecule has 5 rings (SSSR count). The van der Waals surface area contributed by atoms with Gasteiger partial charge < -0.3 is 14.4 Å². The fourth-order valence-corrected chi connectivity index (χ4v) is 4.35. The summed E-state index contributed by atoms with van der Waals surface area (Å²) in [7, 11) is 1.36. The zero-order chi connectivity index (χ0) is 27.2. The zero-order valence-electron chi connectivity index (χ0n) is 21.1. The molecule has 7 heteroatoms. The molecule has 5 aromatic rings. The second kappa shape index (κ2) is 11.3. The van der Waals surface area contributed by atoms with E-state index in [1.165, 1.54) is 19.2 Å². The van der Waals surface area contributed by atoms with Gasteiger partial charge in [0.2, 0.25) is 0 Å². The predicted octanol–water partition coefficient (Wildman–Crippen LogP) is 6.07. The Bertz CT molecular complexity index is 1640. The summed E-state index contributed by atoms with van der Waals surface area (Å²) in [5, 5.41) is 13.9. The maximum Gasteiger partial charge on any atom is 0.337 e. The van der Waals surface area contributed by atoms with Crippen LogP contribution in [0.2, 0.25) is 0 Å². The van der Waals surface area contributed by atoms with Crippen molar-refractivity contribution in [1.29, 1.82) is 0 Å². The number of phenolic OH excluding ortho intramolecular Hbond substituents is 1. The Kier molecular flexibility index (Phi) is 7.32. The fraction of sp³-hybridized carbons (Fsp3) is 0.0312. The van der Waals surface area contributed by atoms with Crippen molar-refractivity contribution in [3.8, 4) is 34.0 Å². The molecule has 0 saturated carbocycles. The summed E-state index contributed by atoms with van der Waals surface area (Å²) in [6.45, 7) is 0. The van der Waals surface area contributed by atoms with Gasteiger partial charge in [-0.2, -0.15) is 5.10 Å². The fourth-order valence-electron chi connectivity index (χ4n) is 4.35. The number of ether oxygens (including phenoxy) is 1. The first kappa shape index (κ1) is 25.2. The number of rotatable bonds is 7. The minimum absolute atomic E-state index is 0.000732. The Morgan fingerprint density at radius 1 is 0.795 bits per heavy atom. The summed E-state index contributed by atoms with van der Waals surface area (Å²) in [6, 6.07) is 35.1. The molecule has 0 radical (unpaired) electrons. The highest BCUT2D eigenvalue weighted by Gasteiger charge is 2.19. The van der Waals surface area contributed by atoms with E-state index in [-0.39, 0.29) is 5.75 Å². The second-order valence-electron chi connectivity index (χ2n) is 8.69. The number of nitrogens with one attached hydrogen (secondary N) is 1. The van der Waals surface area contributed by atoms with Crippen molar-refractivity contribution in [2.45, 2.75) is 0 Å². The quantitative estimate of drug-likeness (QED) is 0.156. The standard InChI is InChI=1S/C32H25N3O4/c1-39-32(38)24-15-17-27(18-16-24)35-29(22-9-4-2-5-10-22)20-26(30(35)23-11-6-3-7-12-23)21-33-34-31(37)25-13-8-14-28(36)19-25/h2-21,36H,1H3,(H,34,37)/b33-21-. The van der Waals surface area contributed by atoms with Gasteiger partial charge in [-0.05, 0) is 59.7 Å². The maximum absolute atomic E-state index is 12.6. The number of amides is 1. The highest BCUT2D eigenvalue weighted by atomic mass is 16.5. The van der Waals surface area contributed by atoms with Gasteiger partial charge in [0.25, 0.3) is 5.91 Å². The van der Waals surface area contributed by atoms with Crippen LogP contribution in [0.5, 0.6) is 5.75 Å². The molecule has 1 heterocycles. The van der Waals surface area contributed by atoms with Gasteiger partial charge in [0.05, 0.1) is 30.3 Å². The number of aromatic hydroxyl groups is 1. The number of carbonyl (C=O) groups is 2. The number of methoxy groups -OCH3 is 1. The molecule has 0 saturated heterocycles. The highest BCUT2D eigenvalue weighted by Crippen LogP contribution is 2.35. The predicted molar refractivity (Wildman–Crippen MR) is 151 cm³/mol. The lowest BCUT2D eigenvalue weighted by Gasteiger charge is -2.15. The van der Waals surface area contributed by atoms with Gasteiger partial charge in [0, 0.05) is 16.8 Å². The molecule has 7 nitrogen and oxygen atoms in total. The summed E-state index contributed by atoms with van der Waals surface area (Å²) in [6.07, 6.45) is 1.61.